The smallest absolute Gasteiger partial charge is 0.274 e. The Hall–Kier alpha value is -2.96. The first-order valence-corrected chi connectivity index (χ1v) is 10.5. The van der Waals surface area contributed by atoms with Crippen molar-refractivity contribution in [2.75, 3.05) is 0 Å². The van der Waals surface area contributed by atoms with E-state index in [0.29, 0.717) is 0 Å². The quantitative estimate of drug-likeness (QED) is 0.230. The minimum absolute atomic E-state index is 0.146. The minimum Gasteiger partial charge on any atom is -0.340 e. The predicted octanol–water partition coefficient (Wildman–Crippen LogP) is 5.57. The maximum absolute atomic E-state index is 12.3. The molecule has 0 saturated heterocycles. The van der Waals surface area contributed by atoms with Crippen molar-refractivity contribution >= 4 is 50.6 Å². The lowest BCUT2D eigenvalue weighted by Crippen LogP contribution is -2.18. The Bertz CT molecular complexity index is 1250. The topological polar surface area (TPSA) is 59.3 Å². The van der Waals surface area contributed by atoms with Gasteiger partial charge in [0.15, 0.2) is 0 Å². The molecule has 30 heavy (non-hydrogen) atoms. The van der Waals surface area contributed by atoms with Crippen LogP contribution in [0.2, 0.25) is 5.15 Å². The van der Waals surface area contributed by atoms with E-state index < -0.39 is 5.91 Å². The number of amides is 1. The van der Waals surface area contributed by atoms with Gasteiger partial charge in [-0.2, -0.15) is 5.10 Å². The van der Waals surface area contributed by atoms with Crippen LogP contribution >= 0.6 is 27.5 Å². The standard InChI is InChI=1S/C23H18BrClN4O/c1-15-20(13-27-28-23(30)19-6-4-12-26-22(19)25)18-5-2-3-7-21(18)29(15)14-16-8-10-17(24)11-9-16/h2-13H,14H2,1H3,(H,28,30). The number of fused-ring (bicyclic) bond motifs is 1. The molecule has 0 fully saturated rings. The van der Waals surface area contributed by atoms with Crippen LogP contribution in [0.3, 0.4) is 0 Å². The lowest BCUT2D eigenvalue weighted by Gasteiger charge is -2.09. The van der Waals surface area contributed by atoms with Gasteiger partial charge in [0.1, 0.15) is 5.15 Å². The van der Waals surface area contributed by atoms with Gasteiger partial charge in [0.25, 0.3) is 5.91 Å². The molecule has 0 radical (unpaired) electrons. The van der Waals surface area contributed by atoms with Crippen LogP contribution in [-0.2, 0) is 6.54 Å². The number of hydrogen-bond donors (Lipinski definition) is 1. The molecule has 0 aliphatic heterocycles. The van der Waals surface area contributed by atoms with Crippen LogP contribution in [0.25, 0.3) is 10.9 Å². The molecule has 2 aromatic carbocycles. The third-order valence-electron chi connectivity index (χ3n) is 4.90. The van der Waals surface area contributed by atoms with Gasteiger partial charge in [-0.3, -0.25) is 4.79 Å². The highest BCUT2D eigenvalue weighted by molar-refractivity contribution is 9.10. The van der Waals surface area contributed by atoms with Crippen LogP contribution in [0.5, 0.6) is 0 Å². The number of aromatic nitrogens is 2. The summed E-state index contributed by atoms with van der Waals surface area (Å²) in [5.74, 6) is -0.402. The fourth-order valence-electron chi connectivity index (χ4n) is 3.37. The summed E-state index contributed by atoms with van der Waals surface area (Å²) >= 11 is 9.46. The summed E-state index contributed by atoms with van der Waals surface area (Å²) in [6.07, 6.45) is 3.21. The van der Waals surface area contributed by atoms with E-state index in [1.165, 1.54) is 11.8 Å². The van der Waals surface area contributed by atoms with Gasteiger partial charge in [0.2, 0.25) is 0 Å². The molecule has 5 nitrogen and oxygen atoms in total. The van der Waals surface area contributed by atoms with Crippen LogP contribution in [0.4, 0.5) is 0 Å². The fraction of sp³-hybridized carbons (Fsp3) is 0.0870. The molecule has 0 spiro atoms. The van der Waals surface area contributed by atoms with E-state index in [4.69, 9.17) is 11.6 Å². The normalized spacial score (nSPS) is 11.3. The zero-order valence-electron chi connectivity index (χ0n) is 16.1. The number of halogens is 2. The zero-order valence-corrected chi connectivity index (χ0v) is 18.5. The van der Waals surface area contributed by atoms with Gasteiger partial charge in [-0.15, -0.1) is 0 Å². The predicted molar refractivity (Wildman–Crippen MR) is 124 cm³/mol. The van der Waals surface area contributed by atoms with Crippen molar-refractivity contribution in [3.8, 4) is 0 Å². The first-order valence-electron chi connectivity index (χ1n) is 9.31. The Balaban J connectivity index is 1.63. The zero-order chi connectivity index (χ0) is 21.1. The van der Waals surface area contributed by atoms with Gasteiger partial charge < -0.3 is 4.57 Å². The van der Waals surface area contributed by atoms with Gasteiger partial charge in [0.05, 0.1) is 11.8 Å². The molecular formula is C23H18BrClN4O. The average molecular weight is 482 g/mol. The van der Waals surface area contributed by atoms with E-state index in [9.17, 15) is 4.79 Å². The lowest BCUT2D eigenvalue weighted by molar-refractivity contribution is 0.0955. The third kappa shape index (κ3) is 4.15. The van der Waals surface area contributed by atoms with E-state index in [2.05, 4.69) is 67.2 Å². The van der Waals surface area contributed by atoms with Crippen molar-refractivity contribution in [1.82, 2.24) is 15.0 Å². The van der Waals surface area contributed by atoms with Crippen molar-refractivity contribution in [3.63, 3.8) is 0 Å². The molecule has 0 unspecified atom stereocenters. The van der Waals surface area contributed by atoms with Crippen LogP contribution in [0.15, 0.2) is 76.4 Å². The fourth-order valence-corrected chi connectivity index (χ4v) is 3.84. The summed E-state index contributed by atoms with van der Waals surface area (Å²) in [5.41, 5.74) is 7.16. The first kappa shape index (κ1) is 20.3. The highest BCUT2D eigenvalue weighted by Gasteiger charge is 2.13. The number of para-hydroxylation sites is 1. The third-order valence-corrected chi connectivity index (χ3v) is 5.73. The summed E-state index contributed by atoms with van der Waals surface area (Å²) in [5, 5.41) is 5.39. The first-order chi connectivity index (χ1) is 14.5. The van der Waals surface area contributed by atoms with E-state index in [0.717, 1.165) is 33.2 Å². The molecule has 0 bridgehead atoms. The molecule has 1 amide bonds. The Morgan fingerprint density at radius 1 is 1.17 bits per heavy atom. The number of pyridine rings is 1. The van der Waals surface area contributed by atoms with Gasteiger partial charge >= 0.3 is 0 Å². The number of carbonyl (C=O) groups is 1. The maximum Gasteiger partial charge on any atom is 0.274 e. The molecule has 0 atom stereocenters. The van der Waals surface area contributed by atoms with Crippen molar-refractivity contribution in [2.24, 2.45) is 5.10 Å². The molecule has 0 saturated carbocycles. The number of hydrogen-bond acceptors (Lipinski definition) is 3. The van der Waals surface area contributed by atoms with Crippen LogP contribution < -0.4 is 5.43 Å². The van der Waals surface area contributed by atoms with Crippen molar-refractivity contribution < 1.29 is 4.79 Å². The second kappa shape index (κ2) is 8.81. The number of nitrogens with one attached hydrogen (secondary N) is 1. The largest absolute Gasteiger partial charge is 0.340 e. The van der Waals surface area contributed by atoms with Crippen molar-refractivity contribution in [3.05, 3.63) is 98.9 Å². The maximum atomic E-state index is 12.3. The molecule has 150 valence electrons. The Morgan fingerprint density at radius 3 is 2.70 bits per heavy atom. The van der Waals surface area contributed by atoms with E-state index >= 15 is 0 Å². The van der Waals surface area contributed by atoms with Crippen LogP contribution in [0, 0.1) is 6.92 Å². The summed E-state index contributed by atoms with van der Waals surface area (Å²) in [6.45, 7) is 2.80. The molecule has 2 aromatic heterocycles. The van der Waals surface area contributed by atoms with E-state index in [-0.39, 0.29) is 10.7 Å². The second-order valence-corrected chi connectivity index (χ2v) is 8.04. The Morgan fingerprint density at radius 2 is 1.93 bits per heavy atom. The summed E-state index contributed by atoms with van der Waals surface area (Å²) in [4.78, 5) is 16.2. The van der Waals surface area contributed by atoms with Gasteiger partial charge in [-0.05, 0) is 42.8 Å². The van der Waals surface area contributed by atoms with Crippen molar-refractivity contribution in [2.45, 2.75) is 13.5 Å². The van der Waals surface area contributed by atoms with Crippen LogP contribution in [-0.4, -0.2) is 21.7 Å². The molecule has 7 heteroatoms. The molecule has 0 aliphatic carbocycles. The number of rotatable bonds is 5. The molecule has 4 aromatic rings. The Labute approximate surface area is 187 Å². The monoisotopic (exact) mass is 480 g/mol. The second-order valence-electron chi connectivity index (χ2n) is 6.77. The molecular weight excluding hydrogens is 464 g/mol. The summed E-state index contributed by atoms with van der Waals surface area (Å²) in [7, 11) is 0. The van der Waals surface area contributed by atoms with Gasteiger partial charge in [0, 0.05) is 39.4 Å². The number of carbonyl (C=O) groups excluding carboxylic acids is 1. The molecule has 2 heterocycles. The number of benzene rings is 2. The van der Waals surface area contributed by atoms with Gasteiger partial charge in [-0.25, -0.2) is 10.4 Å². The van der Waals surface area contributed by atoms with Crippen LogP contribution in [0.1, 0.15) is 27.2 Å². The Kier molecular flexibility index (Phi) is 5.97. The highest BCUT2D eigenvalue weighted by atomic mass is 79.9. The number of hydrazone groups is 1. The summed E-state index contributed by atoms with van der Waals surface area (Å²) in [6, 6.07) is 19.7. The van der Waals surface area contributed by atoms with E-state index in [1.807, 2.05) is 24.3 Å². The molecule has 0 aliphatic rings. The van der Waals surface area contributed by atoms with Crippen molar-refractivity contribution in [1.29, 1.82) is 0 Å². The number of nitrogens with zero attached hydrogens (tertiary/aromatic N) is 3. The summed E-state index contributed by atoms with van der Waals surface area (Å²) < 4.78 is 3.30. The molecule has 4 rings (SSSR count). The van der Waals surface area contributed by atoms with E-state index in [1.54, 1.807) is 18.3 Å². The molecule has 1 N–H and O–H groups in total. The average Bonchev–Trinajstić information content (AvgIpc) is 3.01. The lowest BCUT2D eigenvalue weighted by atomic mass is 10.1. The SMILES string of the molecule is Cc1c(C=NNC(=O)c2cccnc2Cl)c2ccccc2n1Cc1ccc(Br)cc1. The highest BCUT2D eigenvalue weighted by Crippen LogP contribution is 2.26. The minimum atomic E-state index is -0.402. The van der Waals surface area contributed by atoms with Gasteiger partial charge in [-0.1, -0.05) is 57.9 Å².